The summed E-state index contributed by atoms with van der Waals surface area (Å²) in [6.45, 7) is 5.78. The summed E-state index contributed by atoms with van der Waals surface area (Å²) in [6, 6.07) is 9.08. The number of carboxylic acids is 1. The number of aromatic nitrogens is 3. The Hall–Kier alpha value is -4.47. The van der Waals surface area contributed by atoms with Crippen LogP contribution in [-0.2, 0) is 9.59 Å². The van der Waals surface area contributed by atoms with Gasteiger partial charge in [0.15, 0.2) is 29.2 Å². The Bertz CT molecular complexity index is 1510. The second kappa shape index (κ2) is 10.1. The molecule has 1 amide bonds. The highest BCUT2D eigenvalue weighted by Gasteiger charge is 2.36. The highest BCUT2D eigenvalue weighted by molar-refractivity contribution is 5.87. The maximum atomic E-state index is 14.0. The molecule has 2 aromatic heterocycles. The molecule has 0 spiro atoms. The number of aliphatic carboxylic acids is 1. The Morgan fingerprint density at radius 3 is 2.63 bits per heavy atom. The van der Waals surface area contributed by atoms with Crippen LogP contribution in [0.4, 0.5) is 4.39 Å². The number of para-hydroxylation sites is 1. The van der Waals surface area contributed by atoms with Crippen molar-refractivity contribution in [3.05, 3.63) is 65.7 Å². The minimum atomic E-state index is -0.996. The number of rotatable bonds is 7. The predicted octanol–water partition coefficient (Wildman–Crippen LogP) is 5.02. The van der Waals surface area contributed by atoms with Gasteiger partial charge < -0.3 is 24.5 Å². The lowest BCUT2D eigenvalue weighted by atomic mass is 10.0. The maximum Gasteiger partial charge on any atom is 0.326 e. The molecule has 2 atom stereocenters. The summed E-state index contributed by atoms with van der Waals surface area (Å²) in [5, 5.41) is 10.0. The first-order valence-corrected chi connectivity index (χ1v) is 12.3. The number of aryl methyl sites for hydroxylation is 2. The maximum absolute atomic E-state index is 14.0. The Morgan fingerprint density at radius 2 is 1.92 bits per heavy atom. The number of aromatic amines is 1. The van der Waals surface area contributed by atoms with Crippen molar-refractivity contribution in [3.63, 3.8) is 0 Å². The Balaban J connectivity index is 1.36. The molecule has 10 heteroatoms. The predicted molar refractivity (Wildman–Crippen MR) is 138 cm³/mol. The number of amides is 1. The van der Waals surface area contributed by atoms with Gasteiger partial charge in [-0.2, -0.15) is 0 Å². The summed E-state index contributed by atoms with van der Waals surface area (Å²) in [6.07, 6.45) is 3.50. The van der Waals surface area contributed by atoms with Gasteiger partial charge in [0.25, 0.3) is 5.91 Å². The summed E-state index contributed by atoms with van der Waals surface area (Å²) in [5.74, 6) is -0.255. The molecule has 3 heterocycles. The summed E-state index contributed by atoms with van der Waals surface area (Å²) in [7, 11) is 0. The molecule has 1 saturated heterocycles. The van der Waals surface area contributed by atoms with Crippen LogP contribution in [-0.4, -0.2) is 55.5 Å². The summed E-state index contributed by atoms with van der Waals surface area (Å²) < 4.78 is 25.7. The molecule has 0 bridgehead atoms. The second-order valence-electron chi connectivity index (χ2n) is 9.37. The van der Waals surface area contributed by atoms with Crippen molar-refractivity contribution in [2.24, 2.45) is 0 Å². The van der Waals surface area contributed by atoms with Gasteiger partial charge in [-0.3, -0.25) is 4.79 Å². The average molecular weight is 519 g/mol. The molecule has 196 valence electrons. The number of nitrogens with zero attached hydrogens (tertiary/aromatic N) is 3. The van der Waals surface area contributed by atoms with Crippen LogP contribution < -0.4 is 9.47 Å². The zero-order chi connectivity index (χ0) is 27.0. The minimum Gasteiger partial charge on any atom is -0.480 e. The molecule has 1 fully saturated rings. The van der Waals surface area contributed by atoms with E-state index in [4.69, 9.17) is 9.47 Å². The fraction of sp³-hybridized carbons (Fsp3) is 0.286. The van der Waals surface area contributed by atoms with E-state index in [0.29, 0.717) is 47.7 Å². The van der Waals surface area contributed by atoms with Crippen molar-refractivity contribution < 1.29 is 28.6 Å². The van der Waals surface area contributed by atoms with E-state index in [1.807, 2.05) is 26.0 Å². The van der Waals surface area contributed by atoms with Crippen molar-refractivity contribution in [3.8, 4) is 28.6 Å². The van der Waals surface area contributed by atoms with Gasteiger partial charge in [0.2, 0.25) is 0 Å². The Morgan fingerprint density at radius 1 is 1.18 bits per heavy atom. The lowest BCUT2D eigenvalue weighted by Gasteiger charge is -2.26. The normalized spacial score (nSPS) is 16.0. The van der Waals surface area contributed by atoms with Crippen molar-refractivity contribution in [1.29, 1.82) is 0 Å². The molecule has 1 aliphatic rings. The van der Waals surface area contributed by atoms with E-state index in [1.54, 1.807) is 37.5 Å². The monoisotopic (exact) mass is 518 g/mol. The highest BCUT2D eigenvalue weighted by atomic mass is 19.1. The molecule has 0 radical (unpaired) electrons. The number of hydrogen-bond acceptors (Lipinski definition) is 6. The van der Waals surface area contributed by atoms with Gasteiger partial charge in [-0.1, -0.05) is 12.1 Å². The van der Waals surface area contributed by atoms with Crippen LogP contribution in [0.2, 0.25) is 0 Å². The van der Waals surface area contributed by atoms with Gasteiger partial charge in [-0.15, -0.1) is 0 Å². The van der Waals surface area contributed by atoms with Crippen LogP contribution in [0, 0.1) is 19.7 Å². The van der Waals surface area contributed by atoms with Gasteiger partial charge >= 0.3 is 5.97 Å². The van der Waals surface area contributed by atoms with Gasteiger partial charge in [-0.25, -0.2) is 19.2 Å². The molecule has 5 rings (SSSR count). The highest BCUT2D eigenvalue weighted by Crippen LogP contribution is 2.33. The SMILES string of the molecule is Cc1cc(-c2ncc3c(Oc4ccccc4F)c[nH]c3n2)cc(C)c1OC(C)C(=O)N1CCC[C@H]1C(=O)O. The number of likely N-dealkylation sites (tertiary alicyclic amines) is 1. The van der Waals surface area contributed by atoms with Gasteiger partial charge in [0.05, 0.1) is 5.39 Å². The average Bonchev–Trinajstić information content (AvgIpc) is 3.54. The van der Waals surface area contributed by atoms with Crippen LogP contribution >= 0.6 is 0 Å². The van der Waals surface area contributed by atoms with E-state index >= 15 is 0 Å². The van der Waals surface area contributed by atoms with Crippen LogP contribution in [0.25, 0.3) is 22.4 Å². The first-order chi connectivity index (χ1) is 18.2. The van der Waals surface area contributed by atoms with Crippen LogP contribution in [0.15, 0.2) is 48.8 Å². The third-order valence-electron chi connectivity index (χ3n) is 6.63. The van der Waals surface area contributed by atoms with Crippen LogP contribution in [0.3, 0.4) is 0 Å². The molecule has 2 N–H and O–H groups in total. The molecule has 1 aliphatic heterocycles. The van der Waals surface area contributed by atoms with Crippen molar-refractivity contribution in [1.82, 2.24) is 19.9 Å². The molecule has 1 unspecified atom stereocenters. The van der Waals surface area contributed by atoms with Crippen molar-refractivity contribution in [2.75, 3.05) is 6.54 Å². The number of carbonyl (C=O) groups excluding carboxylic acids is 1. The number of carbonyl (C=O) groups is 2. The van der Waals surface area contributed by atoms with E-state index in [-0.39, 0.29) is 11.7 Å². The Labute approximate surface area is 218 Å². The van der Waals surface area contributed by atoms with Crippen molar-refractivity contribution >= 4 is 22.9 Å². The first kappa shape index (κ1) is 25.2. The molecule has 38 heavy (non-hydrogen) atoms. The number of H-pyrrole nitrogens is 1. The molecule has 2 aromatic carbocycles. The van der Waals surface area contributed by atoms with E-state index in [0.717, 1.165) is 16.7 Å². The summed E-state index contributed by atoms with van der Waals surface area (Å²) >= 11 is 0. The van der Waals surface area contributed by atoms with E-state index < -0.39 is 23.9 Å². The smallest absolute Gasteiger partial charge is 0.326 e. The standard InChI is InChI=1S/C28H27FN4O5/c1-15-11-18(12-16(2)24(15)37-17(3)27(34)33-10-6-8-21(33)28(35)36)25-30-13-19-23(14-31-26(19)32-25)38-22-9-5-4-7-20(22)29/h4-5,7,9,11-14,17,21H,6,8,10H2,1-3H3,(H,35,36)(H,30,31,32)/t17?,21-/m0/s1. The summed E-state index contributed by atoms with van der Waals surface area (Å²) in [4.78, 5) is 37.9. The lowest BCUT2D eigenvalue weighted by molar-refractivity contribution is -0.150. The minimum absolute atomic E-state index is 0.107. The van der Waals surface area contributed by atoms with Gasteiger partial charge in [-0.05, 0) is 69.0 Å². The number of halogens is 1. The van der Waals surface area contributed by atoms with Crippen molar-refractivity contribution in [2.45, 2.75) is 45.8 Å². The topological polar surface area (TPSA) is 118 Å². The second-order valence-corrected chi connectivity index (χ2v) is 9.37. The number of ether oxygens (including phenoxy) is 2. The number of hydrogen-bond donors (Lipinski definition) is 2. The molecule has 0 saturated carbocycles. The fourth-order valence-corrected chi connectivity index (χ4v) is 4.77. The number of nitrogens with one attached hydrogen (secondary N) is 1. The fourth-order valence-electron chi connectivity index (χ4n) is 4.77. The van der Waals surface area contributed by atoms with E-state index in [1.165, 1.54) is 11.0 Å². The molecular formula is C28H27FN4O5. The van der Waals surface area contributed by atoms with Crippen LogP contribution in [0.1, 0.15) is 30.9 Å². The third kappa shape index (κ3) is 4.77. The van der Waals surface area contributed by atoms with Gasteiger partial charge in [0, 0.05) is 24.5 Å². The summed E-state index contributed by atoms with van der Waals surface area (Å²) in [5.41, 5.74) is 2.86. The third-order valence-corrected chi connectivity index (χ3v) is 6.63. The van der Waals surface area contributed by atoms with Crippen LogP contribution in [0.5, 0.6) is 17.2 Å². The number of benzene rings is 2. The quantitative estimate of drug-likeness (QED) is 0.353. The molecule has 4 aromatic rings. The van der Waals surface area contributed by atoms with Gasteiger partial charge in [0.1, 0.15) is 17.4 Å². The molecular weight excluding hydrogens is 491 g/mol. The zero-order valence-corrected chi connectivity index (χ0v) is 21.2. The van der Waals surface area contributed by atoms with E-state index in [9.17, 15) is 19.1 Å². The largest absolute Gasteiger partial charge is 0.480 e. The number of fused-ring (bicyclic) bond motifs is 1. The first-order valence-electron chi connectivity index (χ1n) is 12.3. The lowest BCUT2D eigenvalue weighted by Crippen LogP contribution is -2.46. The molecule has 0 aliphatic carbocycles. The van der Waals surface area contributed by atoms with E-state index in [2.05, 4.69) is 15.0 Å². The Kier molecular flexibility index (Phi) is 6.71. The number of carboxylic acid groups (broad SMARTS) is 1. The zero-order valence-electron chi connectivity index (χ0n) is 21.2. The molecule has 9 nitrogen and oxygen atoms in total.